The van der Waals surface area contributed by atoms with Crippen molar-refractivity contribution in [3.05, 3.63) is 47.8 Å². The number of anilines is 2. The molecule has 1 aromatic heterocycles. The highest BCUT2D eigenvalue weighted by molar-refractivity contribution is 7.98. The van der Waals surface area contributed by atoms with E-state index in [0.29, 0.717) is 17.8 Å². The van der Waals surface area contributed by atoms with Gasteiger partial charge in [-0.15, -0.1) is 11.8 Å². The average molecular weight is 453 g/mol. The van der Waals surface area contributed by atoms with Crippen molar-refractivity contribution in [1.82, 2.24) is 15.2 Å². The van der Waals surface area contributed by atoms with Crippen LogP contribution in [-0.2, 0) is 16.1 Å². The SMILES string of the molecule is CSc1ccc2c(c1)C(=O)N(C1=NCC(C(=O)Nc3cnccc3N3CCNCC3)O1)C2. The number of carbonyl (C=O) groups is 2. The highest BCUT2D eigenvalue weighted by atomic mass is 32.2. The highest BCUT2D eigenvalue weighted by Crippen LogP contribution is 2.29. The highest BCUT2D eigenvalue weighted by Gasteiger charge is 2.37. The molecule has 0 saturated carbocycles. The molecular formula is C22H24N6O3S. The zero-order chi connectivity index (χ0) is 22.1. The molecule has 0 bridgehead atoms. The number of aromatic nitrogens is 1. The molecule has 166 valence electrons. The van der Waals surface area contributed by atoms with E-state index in [4.69, 9.17) is 4.74 Å². The second kappa shape index (κ2) is 8.79. The van der Waals surface area contributed by atoms with Crippen molar-refractivity contribution < 1.29 is 14.3 Å². The molecule has 3 aliphatic heterocycles. The number of pyridine rings is 1. The van der Waals surface area contributed by atoms with Gasteiger partial charge >= 0.3 is 0 Å². The first kappa shape index (κ1) is 20.8. The van der Waals surface area contributed by atoms with Gasteiger partial charge in [-0.05, 0) is 30.0 Å². The second-order valence-electron chi connectivity index (χ2n) is 7.76. The standard InChI is InChI=1S/C22H24N6O3S/c1-32-15-3-2-14-13-28(21(30)16(14)10-15)22-25-12-19(31-22)20(29)26-17-11-24-5-4-18(17)27-8-6-23-7-9-27/h2-5,10-11,19,23H,6-9,12-13H2,1H3,(H,26,29). The van der Waals surface area contributed by atoms with E-state index < -0.39 is 6.10 Å². The molecule has 5 rings (SSSR count). The van der Waals surface area contributed by atoms with Crippen molar-refractivity contribution in [3.63, 3.8) is 0 Å². The maximum Gasteiger partial charge on any atom is 0.295 e. The number of ether oxygens (including phenoxy) is 1. The van der Waals surface area contributed by atoms with Crippen molar-refractivity contribution in [2.45, 2.75) is 17.5 Å². The van der Waals surface area contributed by atoms with Crippen LogP contribution in [0.1, 0.15) is 15.9 Å². The minimum atomic E-state index is -0.792. The van der Waals surface area contributed by atoms with Gasteiger partial charge in [0.2, 0.25) is 0 Å². The number of carbonyl (C=O) groups excluding carboxylic acids is 2. The summed E-state index contributed by atoms with van der Waals surface area (Å²) in [5, 5.41) is 6.26. The number of benzene rings is 1. The Morgan fingerprint density at radius 1 is 1.28 bits per heavy atom. The van der Waals surface area contributed by atoms with E-state index in [-0.39, 0.29) is 24.4 Å². The lowest BCUT2D eigenvalue weighted by Gasteiger charge is -2.31. The Balaban J connectivity index is 1.25. The number of piperazine rings is 1. The maximum absolute atomic E-state index is 12.9. The summed E-state index contributed by atoms with van der Waals surface area (Å²) in [7, 11) is 0. The molecule has 0 aliphatic carbocycles. The number of nitrogens with zero attached hydrogens (tertiary/aromatic N) is 4. The summed E-state index contributed by atoms with van der Waals surface area (Å²) in [5.41, 5.74) is 3.17. The number of hydrogen-bond donors (Lipinski definition) is 2. The smallest absolute Gasteiger partial charge is 0.295 e. The van der Waals surface area contributed by atoms with Crippen LogP contribution in [0.3, 0.4) is 0 Å². The van der Waals surface area contributed by atoms with Crippen molar-refractivity contribution in [2.75, 3.05) is 49.2 Å². The average Bonchev–Trinajstić information content (AvgIpc) is 3.45. The van der Waals surface area contributed by atoms with Gasteiger partial charge in [0.05, 0.1) is 30.7 Å². The van der Waals surface area contributed by atoms with E-state index in [1.807, 2.05) is 30.5 Å². The van der Waals surface area contributed by atoms with E-state index in [9.17, 15) is 9.59 Å². The topological polar surface area (TPSA) is 99.2 Å². The van der Waals surface area contributed by atoms with Crippen LogP contribution in [0.25, 0.3) is 0 Å². The largest absolute Gasteiger partial charge is 0.449 e. The Morgan fingerprint density at radius 3 is 2.94 bits per heavy atom. The number of fused-ring (bicyclic) bond motifs is 1. The van der Waals surface area contributed by atoms with Crippen molar-refractivity contribution in [3.8, 4) is 0 Å². The molecule has 32 heavy (non-hydrogen) atoms. The maximum atomic E-state index is 12.9. The lowest BCUT2D eigenvalue weighted by molar-refractivity contribution is -0.122. The minimum Gasteiger partial charge on any atom is -0.449 e. The summed E-state index contributed by atoms with van der Waals surface area (Å²) < 4.78 is 5.82. The zero-order valence-electron chi connectivity index (χ0n) is 17.7. The quantitative estimate of drug-likeness (QED) is 0.680. The fourth-order valence-corrected chi connectivity index (χ4v) is 4.53. The Morgan fingerprint density at radius 2 is 2.12 bits per heavy atom. The molecule has 3 aliphatic rings. The van der Waals surface area contributed by atoms with Gasteiger partial charge in [-0.25, -0.2) is 4.99 Å². The Kier molecular flexibility index (Phi) is 5.71. The van der Waals surface area contributed by atoms with Gasteiger partial charge in [-0.1, -0.05) is 6.07 Å². The third-order valence-corrected chi connectivity index (χ3v) is 6.52. The molecule has 4 heterocycles. The van der Waals surface area contributed by atoms with Crippen LogP contribution in [0.4, 0.5) is 11.4 Å². The number of rotatable bonds is 4. The van der Waals surface area contributed by atoms with Gasteiger partial charge < -0.3 is 20.3 Å². The van der Waals surface area contributed by atoms with E-state index in [2.05, 4.69) is 25.5 Å². The van der Waals surface area contributed by atoms with Gasteiger partial charge in [0, 0.05) is 42.8 Å². The molecule has 1 saturated heterocycles. The first-order chi connectivity index (χ1) is 15.6. The van der Waals surface area contributed by atoms with Gasteiger partial charge in [0.1, 0.15) is 0 Å². The summed E-state index contributed by atoms with van der Waals surface area (Å²) in [6.45, 7) is 4.06. The van der Waals surface area contributed by atoms with Crippen LogP contribution in [-0.4, -0.2) is 72.8 Å². The van der Waals surface area contributed by atoms with Crippen LogP contribution < -0.4 is 15.5 Å². The lowest BCUT2D eigenvalue weighted by Crippen LogP contribution is -2.44. The van der Waals surface area contributed by atoms with Gasteiger partial charge in [-0.3, -0.25) is 19.5 Å². The number of nitrogens with one attached hydrogen (secondary N) is 2. The molecular weight excluding hydrogens is 428 g/mol. The molecule has 0 spiro atoms. The van der Waals surface area contributed by atoms with Crippen LogP contribution in [0.5, 0.6) is 0 Å². The first-order valence-corrected chi connectivity index (χ1v) is 11.8. The van der Waals surface area contributed by atoms with Gasteiger partial charge in [0.15, 0.2) is 6.10 Å². The fraction of sp³-hybridized carbons (Fsp3) is 0.364. The van der Waals surface area contributed by atoms with E-state index in [0.717, 1.165) is 42.3 Å². The normalized spacial score (nSPS) is 20.1. The van der Waals surface area contributed by atoms with Gasteiger partial charge in [0.25, 0.3) is 17.8 Å². The Labute approximate surface area is 190 Å². The third-order valence-electron chi connectivity index (χ3n) is 5.80. The summed E-state index contributed by atoms with van der Waals surface area (Å²) in [6.07, 6.45) is 4.55. The molecule has 2 N–H and O–H groups in total. The molecule has 1 aromatic carbocycles. The van der Waals surface area contributed by atoms with Crippen molar-refractivity contribution >= 4 is 41.0 Å². The molecule has 1 unspecified atom stereocenters. The molecule has 9 nitrogen and oxygen atoms in total. The summed E-state index contributed by atoms with van der Waals surface area (Å²) in [6, 6.07) is 7.95. The number of aliphatic imine (C=N–C) groups is 1. The summed E-state index contributed by atoms with van der Waals surface area (Å²) in [4.78, 5) is 39.1. The predicted octanol–water partition coefficient (Wildman–Crippen LogP) is 1.56. The third kappa shape index (κ3) is 3.91. The van der Waals surface area contributed by atoms with Crippen LogP contribution in [0.2, 0.25) is 0 Å². The van der Waals surface area contributed by atoms with Crippen molar-refractivity contribution in [2.24, 2.45) is 4.99 Å². The molecule has 2 aromatic rings. The minimum absolute atomic E-state index is 0.149. The first-order valence-electron chi connectivity index (χ1n) is 10.5. The lowest BCUT2D eigenvalue weighted by atomic mass is 10.1. The molecule has 2 amide bonds. The Hall–Kier alpha value is -3.11. The number of amidine groups is 1. The van der Waals surface area contributed by atoms with Gasteiger partial charge in [-0.2, -0.15) is 0 Å². The van der Waals surface area contributed by atoms with Crippen LogP contribution >= 0.6 is 11.8 Å². The zero-order valence-corrected chi connectivity index (χ0v) is 18.5. The number of thioether (sulfide) groups is 1. The number of hydrogen-bond acceptors (Lipinski definition) is 8. The fourth-order valence-electron chi connectivity index (χ4n) is 4.09. The number of amides is 2. The predicted molar refractivity (Wildman–Crippen MR) is 123 cm³/mol. The molecule has 1 fully saturated rings. The Bertz CT molecular complexity index is 1090. The monoisotopic (exact) mass is 452 g/mol. The molecule has 1 atom stereocenters. The van der Waals surface area contributed by atoms with E-state index in [1.165, 1.54) is 4.90 Å². The molecule has 0 radical (unpaired) electrons. The van der Waals surface area contributed by atoms with Crippen molar-refractivity contribution in [1.29, 1.82) is 0 Å². The van der Waals surface area contributed by atoms with Crippen LogP contribution in [0.15, 0.2) is 46.5 Å². The van der Waals surface area contributed by atoms with E-state index >= 15 is 0 Å². The summed E-state index contributed by atoms with van der Waals surface area (Å²) >= 11 is 1.59. The molecule has 10 heteroatoms. The van der Waals surface area contributed by atoms with Crippen LogP contribution in [0, 0.1) is 0 Å². The summed E-state index contributed by atoms with van der Waals surface area (Å²) in [5.74, 6) is -0.453. The van der Waals surface area contributed by atoms with E-state index in [1.54, 1.807) is 24.2 Å². The second-order valence-corrected chi connectivity index (χ2v) is 8.64.